The van der Waals surface area contributed by atoms with Gasteiger partial charge in [0.1, 0.15) is 11.4 Å². The Morgan fingerprint density at radius 1 is 1.47 bits per heavy atom. The second-order valence-electron chi connectivity index (χ2n) is 4.78. The fourth-order valence-electron chi connectivity index (χ4n) is 1.53. The molecule has 0 fully saturated rings. The molecule has 0 saturated heterocycles. The van der Waals surface area contributed by atoms with Crippen LogP contribution in [0.25, 0.3) is 0 Å². The molecule has 0 aliphatic heterocycles. The zero-order valence-electron chi connectivity index (χ0n) is 10.5. The molecule has 1 aromatic heterocycles. The fourth-order valence-corrected chi connectivity index (χ4v) is 1.53. The van der Waals surface area contributed by atoms with Gasteiger partial charge in [-0.1, -0.05) is 0 Å². The lowest BCUT2D eigenvalue weighted by Crippen LogP contribution is -2.30. The molecule has 0 spiro atoms. The summed E-state index contributed by atoms with van der Waals surface area (Å²) >= 11 is 0. The molecule has 1 rings (SSSR count). The van der Waals surface area contributed by atoms with Crippen LogP contribution in [0.2, 0.25) is 0 Å². The second kappa shape index (κ2) is 4.71. The monoisotopic (exact) mass is 238 g/mol. The Balaban J connectivity index is 3.09. The average molecular weight is 238 g/mol. The van der Waals surface area contributed by atoms with Gasteiger partial charge in [0.25, 0.3) is 0 Å². The molecule has 1 heterocycles. The van der Waals surface area contributed by atoms with Gasteiger partial charge in [0.05, 0.1) is 5.60 Å². The van der Waals surface area contributed by atoms with E-state index in [0.717, 1.165) is 5.69 Å². The number of carboxylic acid groups (broad SMARTS) is 1. The van der Waals surface area contributed by atoms with E-state index >= 15 is 0 Å². The first-order valence-corrected chi connectivity index (χ1v) is 5.38. The van der Waals surface area contributed by atoms with Crippen molar-refractivity contribution in [2.45, 2.75) is 33.3 Å². The highest BCUT2D eigenvalue weighted by molar-refractivity contribution is 5.94. The number of carboxylic acids is 1. The van der Waals surface area contributed by atoms with Crippen molar-refractivity contribution >= 4 is 11.8 Å². The van der Waals surface area contributed by atoms with Crippen LogP contribution in [0.4, 0.5) is 5.82 Å². The third-order valence-corrected chi connectivity index (χ3v) is 2.25. The van der Waals surface area contributed by atoms with E-state index in [1.807, 2.05) is 0 Å². The Morgan fingerprint density at radius 2 is 2.06 bits per heavy atom. The summed E-state index contributed by atoms with van der Waals surface area (Å²) in [6, 6.07) is 1.72. The van der Waals surface area contributed by atoms with Gasteiger partial charge in [-0.25, -0.2) is 9.78 Å². The Morgan fingerprint density at radius 3 is 2.53 bits per heavy atom. The Labute approximate surface area is 101 Å². The van der Waals surface area contributed by atoms with Gasteiger partial charge >= 0.3 is 5.97 Å². The Bertz CT molecular complexity index is 436. The van der Waals surface area contributed by atoms with Gasteiger partial charge in [0.15, 0.2) is 0 Å². The van der Waals surface area contributed by atoms with Crippen molar-refractivity contribution in [2.75, 3.05) is 11.9 Å². The van der Waals surface area contributed by atoms with Crippen molar-refractivity contribution in [2.24, 2.45) is 0 Å². The number of nitrogens with one attached hydrogen (secondary N) is 1. The minimum absolute atomic E-state index is 0.153. The molecule has 5 nitrogen and oxygen atoms in total. The van der Waals surface area contributed by atoms with Crippen LogP contribution in [0.15, 0.2) is 6.07 Å². The van der Waals surface area contributed by atoms with E-state index in [4.69, 9.17) is 5.11 Å². The van der Waals surface area contributed by atoms with Gasteiger partial charge < -0.3 is 15.5 Å². The lowest BCUT2D eigenvalue weighted by atomic mass is 10.1. The van der Waals surface area contributed by atoms with Crippen LogP contribution < -0.4 is 5.32 Å². The highest BCUT2D eigenvalue weighted by Crippen LogP contribution is 2.19. The minimum atomic E-state index is -1.02. The van der Waals surface area contributed by atoms with Gasteiger partial charge in [-0.15, -0.1) is 0 Å². The zero-order chi connectivity index (χ0) is 13.2. The molecule has 0 aromatic carbocycles. The summed E-state index contributed by atoms with van der Waals surface area (Å²) in [6.07, 6.45) is 0. The number of aryl methyl sites for hydroxylation is 2. The third-order valence-electron chi connectivity index (χ3n) is 2.25. The van der Waals surface area contributed by atoms with Crippen LogP contribution in [0, 0.1) is 13.8 Å². The first kappa shape index (κ1) is 13.4. The summed E-state index contributed by atoms with van der Waals surface area (Å²) in [6.45, 7) is 7.05. The summed E-state index contributed by atoms with van der Waals surface area (Å²) in [5, 5.41) is 21.6. The van der Waals surface area contributed by atoms with Gasteiger partial charge in [-0.3, -0.25) is 0 Å². The van der Waals surface area contributed by atoms with Crippen LogP contribution in [0.5, 0.6) is 0 Å². The molecule has 17 heavy (non-hydrogen) atoms. The van der Waals surface area contributed by atoms with Gasteiger partial charge in [-0.2, -0.15) is 0 Å². The predicted molar refractivity (Wildman–Crippen MR) is 65.5 cm³/mol. The van der Waals surface area contributed by atoms with Gasteiger partial charge in [-0.05, 0) is 39.3 Å². The maximum absolute atomic E-state index is 11.1. The van der Waals surface area contributed by atoms with E-state index in [9.17, 15) is 9.90 Å². The van der Waals surface area contributed by atoms with Crippen molar-refractivity contribution in [3.8, 4) is 0 Å². The number of carbonyl (C=O) groups is 1. The number of rotatable bonds is 4. The molecule has 0 amide bonds. The number of anilines is 1. The molecule has 3 N–H and O–H groups in total. The SMILES string of the molecule is Cc1cc(C)c(C(=O)O)c(NCC(C)(C)O)n1. The summed E-state index contributed by atoms with van der Waals surface area (Å²) < 4.78 is 0. The van der Waals surface area contributed by atoms with E-state index in [0.29, 0.717) is 11.4 Å². The Hall–Kier alpha value is -1.62. The molecular formula is C12H18N2O3. The van der Waals surface area contributed by atoms with Crippen molar-refractivity contribution in [1.29, 1.82) is 0 Å². The second-order valence-corrected chi connectivity index (χ2v) is 4.78. The van der Waals surface area contributed by atoms with E-state index < -0.39 is 11.6 Å². The number of aromatic carboxylic acids is 1. The van der Waals surface area contributed by atoms with Gasteiger partial charge in [0.2, 0.25) is 0 Å². The first-order valence-electron chi connectivity index (χ1n) is 5.38. The van der Waals surface area contributed by atoms with Crippen LogP contribution in [0.3, 0.4) is 0 Å². The molecule has 0 saturated carbocycles. The normalized spacial score (nSPS) is 11.4. The highest BCUT2D eigenvalue weighted by Gasteiger charge is 2.18. The third kappa shape index (κ3) is 3.71. The lowest BCUT2D eigenvalue weighted by molar-refractivity contribution is 0.0695. The predicted octanol–water partition coefficient (Wildman–Crippen LogP) is 1.58. The molecule has 0 bridgehead atoms. The molecule has 94 valence electrons. The van der Waals surface area contributed by atoms with Crippen LogP contribution in [-0.4, -0.2) is 33.3 Å². The van der Waals surface area contributed by atoms with E-state index in [2.05, 4.69) is 10.3 Å². The molecule has 0 aliphatic rings. The smallest absolute Gasteiger partial charge is 0.339 e. The zero-order valence-corrected chi connectivity index (χ0v) is 10.5. The molecular weight excluding hydrogens is 220 g/mol. The topological polar surface area (TPSA) is 82.5 Å². The summed E-state index contributed by atoms with van der Waals surface area (Å²) in [7, 11) is 0. The number of aliphatic hydroxyl groups is 1. The van der Waals surface area contributed by atoms with Crippen LogP contribution >= 0.6 is 0 Å². The average Bonchev–Trinajstić information content (AvgIpc) is 2.11. The molecule has 1 aromatic rings. The highest BCUT2D eigenvalue weighted by atomic mass is 16.4. The van der Waals surface area contributed by atoms with Gasteiger partial charge in [0, 0.05) is 12.2 Å². The van der Waals surface area contributed by atoms with Crippen LogP contribution in [0.1, 0.15) is 35.5 Å². The van der Waals surface area contributed by atoms with Crippen molar-refractivity contribution in [1.82, 2.24) is 4.98 Å². The van der Waals surface area contributed by atoms with Crippen LogP contribution in [-0.2, 0) is 0 Å². The fraction of sp³-hybridized carbons (Fsp3) is 0.500. The first-order chi connectivity index (χ1) is 7.70. The quantitative estimate of drug-likeness (QED) is 0.741. The standard InChI is InChI=1S/C12H18N2O3/c1-7-5-8(2)14-10(9(7)11(15)16)13-6-12(3,4)17/h5,17H,6H2,1-4H3,(H,13,14)(H,15,16). The largest absolute Gasteiger partial charge is 0.478 e. The number of aromatic nitrogens is 1. The summed E-state index contributed by atoms with van der Waals surface area (Å²) in [4.78, 5) is 15.3. The maximum atomic E-state index is 11.1. The number of hydrogen-bond acceptors (Lipinski definition) is 4. The molecule has 5 heteroatoms. The summed E-state index contributed by atoms with van der Waals surface area (Å²) in [5.74, 6) is -0.717. The lowest BCUT2D eigenvalue weighted by Gasteiger charge is -2.19. The summed E-state index contributed by atoms with van der Waals surface area (Å²) in [5.41, 5.74) is 0.628. The molecule has 0 unspecified atom stereocenters. The number of nitrogens with zero attached hydrogens (tertiary/aromatic N) is 1. The Kier molecular flexibility index (Phi) is 3.72. The minimum Gasteiger partial charge on any atom is -0.478 e. The van der Waals surface area contributed by atoms with Crippen molar-refractivity contribution < 1.29 is 15.0 Å². The molecule has 0 aliphatic carbocycles. The van der Waals surface area contributed by atoms with Crippen molar-refractivity contribution in [3.63, 3.8) is 0 Å². The number of pyridine rings is 1. The van der Waals surface area contributed by atoms with E-state index in [1.54, 1.807) is 33.8 Å². The van der Waals surface area contributed by atoms with E-state index in [1.165, 1.54) is 0 Å². The van der Waals surface area contributed by atoms with Crippen molar-refractivity contribution in [3.05, 3.63) is 22.9 Å². The van der Waals surface area contributed by atoms with E-state index in [-0.39, 0.29) is 12.1 Å². The molecule has 0 atom stereocenters. The maximum Gasteiger partial charge on any atom is 0.339 e. The number of hydrogen-bond donors (Lipinski definition) is 3. The molecule has 0 radical (unpaired) electrons.